The van der Waals surface area contributed by atoms with Gasteiger partial charge in [-0.25, -0.2) is 0 Å². The molecule has 0 radical (unpaired) electrons. The number of methoxy groups -OCH3 is 1. The van der Waals surface area contributed by atoms with Gasteiger partial charge in [0.15, 0.2) is 0 Å². The summed E-state index contributed by atoms with van der Waals surface area (Å²) in [6.45, 7) is 9.81. The van der Waals surface area contributed by atoms with E-state index in [9.17, 15) is 4.79 Å². The molecule has 0 aromatic carbocycles. The molecule has 5 heteroatoms. The van der Waals surface area contributed by atoms with Crippen molar-refractivity contribution >= 4 is 17.7 Å². The van der Waals surface area contributed by atoms with E-state index in [1.54, 1.807) is 7.11 Å². The van der Waals surface area contributed by atoms with Crippen LogP contribution in [-0.4, -0.2) is 49.4 Å². The first-order valence-electron chi connectivity index (χ1n) is 6.53. The predicted octanol–water partition coefficient (Wildman–Crippen LogP) is 2.08. The van der Waals surface area contributed by atoms with E-state index in [4.69, 9.17) is 9.47 Å². The normalized spacial score (nSPS) is 16.1. The van der Waals surface area contributed by atoms with Gasteiger partial charge in [-0.15, -0.1) is 0 Å². The topological polar surface area (TPSA) is 47.6 Å². The Morgan fingerprint density at radius 3 is 2.61 bits per heavy atom. The van der Waals surface area contributed by atoms with Gasteiger partial charge in [-0.1, -0.05) is 13.8 Å². The zero-order valence-corrected chi connectivity index (χ0v) is 13.1. The third-order valence-electron chi connectivity index (χ3n) is 2.68. The van der Waals surface area contributed by atoms with Gasteiger partial charge in [0, 0.05) is 18.1 Å². The van der Waals surface area contributed by atoms with Crippen molar-refractivity contribution in [3.63, 3.8) is 0 Å². The largest absolute Gasteiger partial charge is 0.465 e. The summed E-state index contributed by atoms with van der Waals surface area (Å²) in [4.78, 5) is 12.0. The molecule has 0 fully saturated rings. The fourth-order valence-corrected chi connectivity index (χ4v) is 2.99. The Morgan fingerprint density at radius 2 is 2.11 bits per heavy atom. The first-order chi connectivity index (χ1) is 8.50. The summed E-state index contributed by atoms with van der Waals surface area (Å²) in [6, 6.07) is 0. The first kappa shape index (κ1) is 17.7. The number of carbonyl (C=O) groups is 1. The lowest BCUT2D eigenvalue weighted by Crippen LogP contribution is -2.51. The molecular formula is C13H27NO3S. The zero-order chi connectivity index (χ0) is 14.0. The van der Waals surface area contributed by atoms with E-state index >= 15 is 0 Å². The standard InChI is InChI=1S/C13H27NO3S/c1-6-14-13(4,12(15)17-7-2)10-11(3)18-9-8-16-5/h11,14H,6-10H2,1-5H3. The van der Waals surface area contributed by atoms with Gasteiger partial charge in [0.25, 0.3) is 0 Å². The molecule has 1 N–H and O–H groups in total. The highest BCUT2D eigenvalue weighted by atomic mass is 32.2. The molecule has 0 spiro atoms. The molecule has 2 unspecified atom stereocenters. The number of ether oxygens (including phenoxy) is 2. The van der Waals surface area contributed by atoms with Crippen LogP contribution in [0, 0.1) is 0 Å². The average molecular weight is 277 g/mol. The summed E-state index contributed by atoms with van der Waals surface area (Å²) >= 11 is 1.82. The minimum atomic E-state index is -0.593. The Labute approximate surface area is 115 Å². The van der Waals surface area contributed by atoms with Gasteiger partial charge in [-0.05, 0) is 26.8 Å². The van der Waals surface area contributed by atoms with E-state index in [1.807, 2.05) is 32.5 Å². The number of esters is 1. The molecule has 2 atom stereocenters. The fourth-order valence-electron chi connectivity index (χ4n) is 1.87. The van der Waals surface area contributed by atoms with E-state index in [0.29, 0.717) is 11.9 Å². The molecule has 0 aliphatic rings. The second-order valence-corrected chi connectivity index (χ2v) is 6.01. The molecule has 0 aliphatic heterocycles. The second kappa shape index (κ2) is 9.64. The van der Waals surface area contributed by atoms with Crippen LogP contribution >= 0.6 is 11.8 Å². The van der Waals surface area contributed by atoms with Crippen molar-refractivity contribution in [2.45, 2.75) is 44.9 Å². The quantitative estimate of drug-likeness (QED) is 0.489. The number of hydrogen-bond acceptors (Lipinski definition) is 5. The van der Waals surface area contributed by atoms with Crippen molar-refractivity contribution in [1.29, 1.82) is 0 Å². The van der Waals surface area contributed by atoms with Gasteiger partial charge < -0.3 is 14.8 Å². The second-order valence-electron chi connectivity index (χ2n) is 4.46. The summed E-state index contributed by atoms with van der Waals surface area (Å²) < 4.78 is 10.2. The van der Waals surface area contributed by atoms with Crippen molar-refractivity contribution < 1.29 is 14.3 Å². The number of carbonyl (C=O) groups excluding carboxylic acids is 1. The molecule has 0 saturated carbocycles. The van der Waals surface area contributed by atoms with Crippen LogP contribution in [0.4, 0.5) is 0 Å². The highest BCUT2D eigenvalue weighted by Crippen LogP contribution is 2.23. The molecule has 0 rings (SSSR count). The predicted molar refractivity (Wildman–Crippen MR) is 77.1 cm³/mol. The molecular weight excluding hydrogens is 250 g/mol. The lowest BCUT2D eigenvalue weighted by Gasteiger charge is -2.30. The van der Waals surface area contributed by atoms with Crippen LogP contribution in [0.1, 0.15) is 34.1 Å². The monoisotopic (exact) mass is 277 g/mol. The third-order valence-corrected chi connectivity index (χ3v) is 3.82. The van der Waals surface area contributed by atoms with Crippen LogP contribution in [0.25, 0.3) is 0 Å². The van der Waals surface area contributed by atoms with Gasteiger partial charge in [0.05, 0.1) is 13.2 Å². The van der Waals surface area contributed by atoms with Gasteiger partial charge in [0.1, 0.15) is 5.54 Å². The number of nitrogens with one attached hydrogen (secondary N) is 1. The molecule has 0 amide bonds. The van der Waals surface area contributed by atoms with Crippen molar-refractivity contribution in [2.24, 2.45) is 0 Å². The number of thioether (sulfide) groups is 1. The Bertz CT molecular complexity index is 238. The number of rotatable bonds is 10. The summed E-state index contributed by atoms with van der Waals surface area (Å²) in [5.74, 6) is 0.786. The molecule has 0 heterocycles. The average Bonchev–Trinajstić information content (AvgIpc) is 2.29. The van der Waals surface area contributed by atoms with Gasteiger partial charge in [-0.3, -0.25) is 4.79 Å². The minimum absolute atomic E-state index is 0.161. The SMILES string of the molecule is CCNC(C)(CC(C)SCCOC)C(=O)OCC. The molecule has 0 saturated heterocycles. The summed E-state index contributed by atoms with van der Waals surface area (Å²) in [5, 5.41) is 3.63. The molecule has 0 aliphatic carbocycles. The Morgan fingerprint density at radius 1 is 1.44 bits per heavy atom. The lowest BCUT2D eigenvalue weighted by molar-refractivity contribution is -0.150. The fraction of sp³-hybridized carbons (Fsp3) is 0.923. The van der Waals surface area contributed by atoms with Crippen LogP contribution in [-0.2, 0) is 14.3 Å². The van der Waals surface area contributed by atoms with Crippen molar-refractivity contribution in [1.82, 2.24) is 5.32 Å². The summed E-state index contributed by atoms with van der Waals surface area (Å²) in [7, 11) is 1.70. The molecule has 0 aromatic heterocycles. The molecule has 18 heavy (non-hydrogen) atoms. The van der Waals surface area contributed by atoms with Crippen molar-refractivity contribution in [3.05, 3.63) is 0 Å². The smallest absolute Gasteiger partial charge is 0.326 e. The van der Waals surface area contributed by atoms with Crippen LogP contribution in [0.2, 0.25) is 0 Å². The summed E-state index contributed by atoms with van der Waals surface area (Å²) in [6.07, 6.45) is 0.758. The Kier molecular flexibility index (Phi) is 9.50. The number of likely N-dealkylation sites (N-methyl/N-ethyl adjacent to an activating group) is 1. The van der Waals surface area contributed by atoms with Gasteiger partial charge in [-0.2, -0.15) is 11.8 Å². The van der Waals surface area contributed by atoms with E-state index in [1.165, 1.54) is 0 Å². The van der Waals surface area contributed by atoms with E-state index in [-0.39, 0.29) is 5.97 Å². The van der Waals surface area contributed by atoms with Crippen molar-refractivity contribution in [3.8, 4) is 0 Å². The van der Waals surface area contributed by atoms with Crippen LogP contribution < -0.4 is 5.32 Å². The molecule has 0 bridgehead atoms. The van der Waals surface area contributed by atoms with Gasteiger partial charge >= 0.3 is 5.97 Å². The number of hydrogen-bond donors (Lipinski definition) is 1. The Hall–Kier alpha value is -0.260. The van der Waals surface area contributed by atoms with Crippen LogP contribution in [0.5, 0.6) is 0 Å². The highest BCUT2D eigenvalue weighted by molar-refractivity contribution is 7.99. The maximum atomic E-state index is 12.0. The Balaban J connectivity index is 4.35. The third kappa shape index (κ3) is 6.61. The highest BCUT2D eigenvalue weighted by Gasteiger charge is 2.35. The first-order valence-corrected chi connectivity index (χ1v) is 7.57. The van der Waals surface area contributed by atoms with Crippen LogP contribution in [0.3, 0.4) is 0 Å². The molecule has 108 valence electrons. The van der Waals surface area contributed by atoms with E-state index in [0.717, 1.165) is 25.3 Å². The maximum absolute atomic E-state index is 12.0. The van der Waals surface area contributed by atoms with E-state index in [2.05, 4.69) is 12.2 Å². The maximum Gasteiger partial charge on any atom is 0.326 e. The molecule has 0 aromatic rings. The van der Waals surface area contributed by atoms with Gasteiger partial charge in [0.2, 0.25) is 0 Å². The molecule has 4 nitrogen and oxygen atoms in total. The summed E-state index contributed by atoms with van der Waals surface area (Å²) in [5.41, 5.74) is -0.593. The van der Waals surface area contributed by atoms with E-state index < -0.39 is 5.54 Å². The zero-order valence-electron chi connectivity index (χ0n) is 12.2. The lowest BCUT2D eigenvalue weighted by atomic mass is 9.96. The minimum Gasteiger partial charge on any atom is -0.465 e. The van der Waals surface area contributed by atoms with Crippen molar-refractivity contribution in [2.75, 3.05) is 32.6 Å². The van der Waals surface area contributed by atoms with Crippen LogP contribution in [0.15, 0.2) is 0 Å².